The average Bonchev–Trinajstić information content (AvgIpc) is 2.36. The second-order valence-corrected chi connectivity index (χ2v) is 3.59. The summed E-state index contributed by atoms with van der Waals surface area (Å²) in [6.07, 6.45) is 2.48. The van der Waals surface area contributed by atoms with E-state index in [-0.39, 0.29) is 5.60 Å². The van der Waals surface area contributed by atoms with Gasteiger partial charge in [0.2, 0.25) is 0 Å². The molecule has 2 atom stereocenters. The third kappa shape index (κ3) is 2.46. The highest BCUT2D eigenvalue weighted by molar-refractivity contribution is 4.80. The Morgan fingerprint density at radius 2 is 2.36 bits per heavy atom. The number of rotatable bonds is 3. The van der Waals surface area contributed by atoms with E-state index in [0.717, 1.165) is 26.1 Å². The lowest BCUT2D eigenvalue weighted by Gasteiger charge is -2.26. The average molecular weight is 158 g/mol. The number of hydrogen-bond donors (Lipinski definition) is 0. The molecular weight excluding hydrogens is 140 g/mol. The largest absolute Gasteiger partial charge is 0.378 e. The van der Waals surface area contributed by atoms with Crippen LogP contribution in [0.25, 0.3) is 0 Å². The van der Waals surface area contributed by atoms with Crippen LogP contribution in [0, 0.1) is 0 Å². The van der Waals surface area contributed by atoms with Gasteiger partial charge in [-0.25, -0.2) is 0 Å². The quantitative estimate of drug-likeness (QED) is 0.625. The van der Waals surface area contributed by atoms with Crippen molar-refractivity contribution in [2.45, 2.75) is 45.3 Å². The van der Waals surface area contributed by atoms with Gasteiger partial charge in [-0.15, -0.1) is 0 Å². The van der Waals surface area contributed by atoms with E-state index in [1.807, 2.05) is 0 Å². The van der Waals surface area contributed by atoms with Crippen molar-refractivity contribution in [3.05, 3.63) is 0 Å². The first kappa shape index (κ1) is 9.01. The number of ether oxygens (including phenoxy) is 2. The molecule has 0 saturated carbocycles. The molecule has 1 saturated heterocycles. The molecule has 0 aromatic heterocycles. The van der Waals surface area contributed by atoms with Crippen LogP contribution in [0.1, 0.15) is 33.6 Å². The summed E-state index contributed by atoms with van der Waals surface area (Å²) in [5.74, 6) is 0. The molecule has 1 aliphatic heterocycles. The van der Waals surface area contributed by atoms with E-state index in [4.69, 9.17) is 9.47 Å². The van der Waals surface area contributed by atoms with Crippen LogP contribution in [0.4, 0.5) is 0 Å². The lowest BCUT2D eigenvalue weighted by molar-refractivity contribution is -0.0775. The maximum atomic E-state index is 5.82. The molecule has 0 bridgehead atoms. The molecule has 2 heteroatoms. The fraction of sp³-hybridized carbons (Fsp3) is 1.00. The van der Waals surface area contributed by atoms with E-state index in [1.54, 1.807) is 0 Å². The topological polar surface area (TPSA) is 18.5 Å². The summed E-state index contributed by atoms with van der Waals surface area (Å²) in [5, 5.41) is 0. The predicted molar refractivity (Wildman–Crippen MR) is 44.7 cm³/mol. The van der Waals surface area contributed by atoms with Crippen LogP contribution < -0.4 is 0 Å². The molecule has 0 aromatic carbocycles. The van der Waals surface area contributed by atoms with Crippen LogP contribution in [0.15, 0.2) is 0 Å². The monoisotopic (exact) mass is 158 g/mol. The fourth-order valence-electron chi connectivity index (χ4n) is 1.31. The molecule has 1 aliphatic rings. The molecule has 11 heavy (non-hydrogen) atoms. The predicted octanol–water partition coefficient (Wildman–Crippen LogP) is 1.98. The Kier molecular flexibility index (Phi) is 2.90. The van der Waals surface area contributed by atoms with Crippen LogP contribution >= 0.6 is 0 Å². The highest BCUT2D eigenvalue weighted by atomic mass is 16.6. The third-order valence-corrected chi connectivity index (χ3v) is 2.24. The molecule has 0 aromatic rings. The maximum absolute atomic E-state index is 5.82. The standard InChI is InChI=1S/C9H18O2/c1-4-8(2)11-9(3)5-6-10-7-9/h8H,4-7H2,1-3H3. The van der Waals surface area contributed by atoms with Crippen molar-refractivity contribution in [3.8, 4) is 0 Å². The molecule has 1 fully saturated rings. The summed E-state index contributed by atoms with van der Waals surface area (Å²) in [5.41, 5.74) is -0.00454. The maximum Gasteiger partial charge on any atom is 0.0912 e. The second-order valence-electron chi connectivity index (χ2n) is 3.59. The molecule has 1 rings (SSSR count). The SMILES string of the molecule is CCC(C)OC1(C)CCOC1. The van der Waals surface area contributed by atoms with Crippen LogP contribution in [0.5, 0.6) is 0 Å². The van der Waals surface area contributed by atoms with Crippen molar-refractivity contribution in [1.82, 2.24) is 0 Å². The minimum atomic E-state index is -0.00454. The summed E-state index contributed by atoms with van der Waals surface area (Å²) in [7, 11) is 0. The van der Waals surface area contributed by atoms with Gasteiger partial charge < -0.3 is 9.47 Å². The van der Waals surface area contributed by atoms with Gasteiger partial charge in [0.05, 0.1) is 18.3 Å². The Hall–Kier alpha value is -0.0800. The van der Waals surface area contributed by atoms with E-state index in [0.29, 0.717) is 6.10 Å². The van der Waals surface area contributed by atoms with E-state index in [2.05, 4.69) is 20.8 Å². The summed E-state index contributed by atoms with van der Waals surface area (Å²) < 4.78 is 11.1. The molecule has 2 unspecified atom stereocenters. The van der Waals surface area contributed by atoms with Crippen molar-refractivity contribution in [2.75, 3.05) is 13.2 Å². The van der Waals surface area contributed by atoms with Crippen molar-refractivity contribution < 1.29 is 9.47 Å². The molecule has 0 amide bonds. The Labute approximate surface area is 68.9 Å². The van der Waals surface area contributed by atoms with Gasteiger partial charge in [-0.05, 0) is 20.3 Å². The first-order chi connectivity index (χ1) is 5.16. The van der Waals surface area contributed by atoms with E-state index in [9.17, 15) is 0 Å². The molecule has 0 radical (unpaired) electrons. The van der Waals surface area contributed by atoms with Crippen molar-refractivity contribution in [3.63, 3.8) is 0 Å². The molecular formula is C9H18O2. The first-order valence-electron chi connectivity index (χ1n) is 4.42. The highest BCUT2D eigenvalue weighted by Gasteiger charge is 2.31. The number of hydrogen-bond acceptors (Lipinski definition) is 2. The van der Waals surface area contributed by atoms with Gasteiger partial charge in [0.25, 0.3) is 0 Å². The summed E-state index contributed by atoms with van der Waals surface area (Å²) in [6.45, 7) is 8.00. The lowest BCUT2D eigenvalue weighted by atomic mass is 10.1. The van der Waals surface area contributed by atoms with E-state index in [1.165, 1.54) is 0 Å². The van der Waals surface area contributed by atoms with Crippen LogP contribution in [0.2, 0.25) is 0 Å². The van der Waals surface area contributed by atoms with Crippen LogP contribution in [-0.4, -0.2) is 24.9 Å². The van der Waals surface area contributed by atoms with E-state index < -0.39 is 0 Å². The van der Waals surface area contributed by atoms with Gasteiger partial charge in [0, 0.05) is 13.0 Å². The van der Waals surface area contributed by atoms with Crippen molar-refractivity contribution in [2.24, 2.45) is 0 Å². The molecule has 66 valence electrons. The summed E-state index contributed by atoms with van der Waals surface area (Å²) >= 11 is 0. The Balaban J connectivity index is 2.33. The Bertz CT molecular complexity index is 117. The summed E-state index contributed by atoms with van der Waals surface area (Å²) in [4.78, 5) is 0. The van der Waals surface area contributed by atoms with Gasteiger partial charge in [-0.3, -0.25) is 0 Å². The van der Waals surface area contributed by atoms with Gasteiger partial charge >= 0.3 is 0 Å². The normalized spacial score (nSPS) is 34.1. The van der Waals surface area contributed by atoms with Gasteiger partial charge in [-0.2, -0.15) is 0 Å². The minimum Gasteiger partial charge on any atom is -0.378 e. The highest BCUT2D eigenvalue weighted by Crippen LogP contribution is 2.24. The van der Waals surface area contributed by atoms with Crippen LogP contribution in [-0.2, 0) is 9.47 Å². The van der Waals surface area contributed by atoms with E-state index >= 15 is 0 Å². The molecule has 1 heterocycles. The second kappa shape index (κ2) is 3.55. The van der Waals surface area contributed by atoms with Gasteiger partial charge in [-0.1, -0.05) is 6.92 Å². The zero-order valence-corrected chi connectivity index (χ0v) is 7.72. The van der Waals surface area contributed by atoms with Crippen LogP contribution in [0.3, 0.4) is 0 Å². The molecule has 0 aliphatic carbocycles. The lowest BCUT2D eigenvalue weighted by Crippen LogP contribution is -2.32. The Morgan fingerprint density at radius 1 is 1.64 bits per heavy atom. The smallest absolute Gasteiger partial charge is 0.0912 e. The molecule has 0 spiro atoms. The Morgan fingerprint density at radius 3 is 2.82 bits per heavy atom. The van der Waals surface area contributed by atoms with Crippen molar-refractivity contribution >= 4 is 0 Å². The van der Waals surface area contributed by atoms with Gasteiger partial charge in [0.1, 0.15) is 0 Å². The molecule has 2 nitrogen and oxygen atoms in total. The summed E-state index contributed by atoms with van der Waals surface area (Å²) in [6, 6.07) is 0. The van der Waals surface area contributed by atoms with Crippen molar-refractivity contribution in [1.29, 1.82) is 0 Å². The molecule has 0 N–H and O–H groups in total. The zero-order chi connectivity index (χ0) is 8.32. The van der Waals surface area contributed by atoms with Gasteiger partial charge in [0.15, 0.2) is 0 Å². The first-order valence-corrected chi connectivity index (χ1v) is 4.42. The fourth-order valence-corrected chi connectivity index (χ4v) is 1.31. The zero-order valence-electron chi connectivity index (χ0n) is 7.72. The minimum absolute atomic E-state index is 0.00454. The third-order valence-electron chi connectivity index (χ3n) is 2.24.